The molecule has 156 valence electrons. The van der Waals surface area contributed by atoms with E-state index >= 15 is 0 Å². The summed E-state index contributed by atoms with van der Waals surface area (Å²) >= 11 is 24.4. The van der Waals surface area contributed by atoms with E-state index in [1.807, 2.05) is 4.90 Å². The molecule has 1 aliphatic heterocycles. The minimum absolute atomic E-state index is 0.334. The Hall–Kier alpha value is -2.03. The SMILES string of the molecule is Clc1cc(Cl)cc(Nc2nc(Nc3cc(Cl)cc(Cl)c3)nc(N3CCOCC3)n2)c1. The predicted molar refractivity (Wildman–Crippen MR) is 122 cm³/mol. The van der Waals surface area contributed by atoms with Gasteiger partial charge in [-0.1, -0.05) is 46.4 Å². The molecule has 30 heavy (non-hydrogen) atoms. The molecule has 0 aliphatic carbocycles. The first-order chi connectivity index (χ1) is 14.4. The molecule has 0 unspecified atom stereocenters. The van der Waals surface area contributed by atoms with Crippen molar-refractivity contribution in [2.24, 2.45) is 0 Å². The first-order valence-corrected chi connectivity index (χ1v) is 10.5. The van der Waals surface area contributed by atoms with Gasteiger partial charge in [-0.2, -0.15) is 15.0 Å². The van der Waals surface area contributed by atoms with Crippen molar-refractivity contribution in [2.75, 3.05) is 41.8 Å². The van der Waals surface area contributed by atoms with Crippen LogP contribution in [0.5, 0.6) is 0 Å². The van der Waals surface area contributed by atoms with Crippen LogP contribution < -0.4 is 15.5 Å². The van der Waals surface area contributed by atoms with Crippen molar-refractivity contribution in [1.29, 1.82) is 0 Å². The van der Waals surface area contributed by atoms with Crippen LogP contribution in [0.25, 0.3) is 0 Å². The van der Waals surface area contributed by atoms with Crippen molar-refractivity contribution < 1.29 is 4.74 Å². The van der Waals surface area contributed by atoms with E-state index in [4.69, 9.17) is 51.1 Å². The molecule has 4 rings (SSSR count). The Labute approximate surface area is 193 Å². The summed E-state index contributed by atoms with van der Waals surface area (Å²) in [6.45, 7) is 2.56. The Morgan fingerprint density at radius 3 is 1.53 bits per heavy atom. The van der Waals surface area contributed by atoms with Crippen LogP contribution in [0, 0.1) is 0 Å². The molecule has 11 heteroatoms. The molecule has 2 aromatic carbocycles. The molecular weight excluding hydrogens is 470 g/mol. The molecule has 0 spiro atoms. The largest absolute Gasteiger partial charge is 0.378 e. The number of ether oxygens (including phenoxy) is 1. The summed E-state index contributed by atoms with van der Waals surface area (Å²) < 4.78 is 5.42. The van der Waals surface area contributed by atoms with Crippen LogP contribution in [0.2, 0.25) is 20.1 Å². The fraction of sp³-hybridized carbons (Fsp3) is 0.211. The minimum Gasteiger partial charge on any atom is -0.378 e. The van der Waals surface area contributed by atoms with Crippen molar-refractivity contribution in [3.63, 3.8) is 0 Å². The molecule has 1 aromatic heterocycles. The van der Waals surface area contributed by atoms with Gasteiger partial charge in [-0.25, -0.2) is 0 Å². The van der Waals surface area contributed by atoms with E-state index in [0.29, 0.717) is 75.6 Å². The number of nitrogens with zero attached hydrogens (tertiary/aromatic N) is 4. The number of aromatic nitrogens is 3. The van der Waals surface area contributed by atoms with E-state index < -0.39 is 0 Å². The zero-order valence-corrected chi connectivity index (χ0v) is 18.5. The molecule has 0 saturated carbocycles. The van der Waals surface area contributed by atoms with Crippen molar-refractivity contribution in [3.8, 4) is 0 Å². The zero-order valence-electron chi connectivity index (χ0n) is 15.5. The summed E-state index contributed by atoms with van der Waals surface area (Å²) in [6, 6.07) is 10.2. The second-order valence-electron chi connectivity index (χ2n) is 6.45. The van der Waals surface area contributed by atoms with E-state index in [1.54, 1.807) is 36.4 Å². The highest BCUT2D eigenvalue weighted by Gasteiger charge is 2.17. The Morgan fingerprint density at radius 1 is 0.667 bits per heavy atom. The highest BCUT2D eigenvalue weighted by Crippen LogP contribution is 2.27. The molecule has 0 bridgehead atoms. The van der Waals surface area contributed by atoms with Gasteiger partial charge in [-0.05, 0) is 36.4 Å². The van der Waals surface area contributed by atoms with Gasteiger partial charge in [-0.15, -0.1) is 0 Å². The average molecular weight is 486 g/mol. The monoisotopic (exact) mass is 484 g/mol. The molecule has 0 atom stereocenters. The molecule has 1 aliphatic rings. The second kappa shape index (κ2) is 9.41. The van der Waals surface area contributed by atoms with Crippen molar-refractivity contribution in [2.45, 2.75) is 0 Å². The van der Waals surface area contributed by atoms with Crippen molar-refractivity contribution in [1.82, 2.24) is 15.0 Å². The van der Waals surface area contributed by atoms with E-state index in [2.05, 4.69) is 25.6 Å². The van der Waals surface area contributed by atoms with Crippen LogP contribution in [0.15, 0.2) is 36.4 Å². The molecule has 1 fully saturated rings. The number of rotatable bonds is 5. The number of hydrogen-bond acceptors (Lipinski definition) is 7. The zero-order chi connectivity index (χ0) is 21.1. The Balaban J connectivity index is 1.68. The predicted octanol–water partition coefficient (Wildman–Crippen LogP) is 5.81. The smallest absolute Gasteiger partial charge is 0.233 e. The van der Waals surface area contributed by atoms with E-state index in [1.165, 1.54) is 0 Å². The summed E-state index contributed by atoms with van der Waals surface area (Å²) in [7, 11) is 0. The van der Waals surface area contributed by atoms with Crippen LogP contribution in [-0.4, -0.2) is 41.3 Å². The molecule has 2 N–H and O–H groups in total. The molecule has 2 heterocycles. The molecular formula is C19H16Cl4N6O. The maximum atomic E-state index is 6.10. The highest BCUT2D eigenvalue weighted by molar-refractivity contribution is 6.35. The van der Waals surface area contributed by atoms with Gasteiger partial charge in [0.2, 0.25) is 17.8 Å². The third-order valence-electron chi connectivity index (χ3n) is 4.15. The summed E-state index contributed by atoms with van der Waals surface area (Å²) in [5.41, 5.74) is 1.31. The summed E-state index contributed by atoms with van der Waals surface area (Å²) in [6.07, 6.45) is 0. The van der Waals surface area contributed by atoms with Crippen molar-refractivity contribution in [3.05, 3.63) is 56.5 Å². The normalized spacial score (nSPS) is 13.9. The first-order valence-electron chi connectivity index (χ1n) is 9.00. The third-order valence-corrected chi connectivity index (χ3v) is 5.03. The van der Waals surface area contributed by atoms with E-state index in [0.717, 1.165) is 0 Å². The number of halogens is 4. The van der Waals surface area contributed by atoms with Gasteiger partial charge in [-0.3, -0.25) is 0 Å². The van der Waals surface area contributed by atoms with Gasteiger partial charge >= 0.3 is 0 Å². The topological polar surface area (TPSA) is 75.2 Å². The van der Waals surface area contributed by atoms with Crippen LogP contribution >= 0.6 is 46.4 Å². The quantitative estimate of drug-likeness (QED) is 0.472. The maximum absolute atomic E-state index is 6.10. The highest BCUT2D eigenvalue weighted by atomic mass is 35.5. The van der Waals surface area contributed by atoms with Crippen molar-refractivity contribution >= 4 is 75.6 Å². The summed E-state index contributed by atoms with van der Waals surface area (Å²) in [5, 5.41) is 8.26. The fourth-order valence-electron chi connectivity index (χ4n) is 2.89. The van der Waals surface area contributed by atoms with E-state index in [-0.39, 0.29) is 0 Å². The Bertz CT molecular complexity index is 949. The van der Waals surface area contributed by atoms with Crippen LogP contribution in [0.4, 0.5) is 29.2 Å². The standard InChI is InChI=1S/C19H16Cl4N6O/c20-11-5-12(21)8-15(7-11)24-17-26-18(25-16-9-13(22)6-14(23)10-16)28-19(27-17)29-1-3-30-4-2-29/h5-10H,1-4H2,(H2,24,25,26,27,28). The van der Waals surface area contributed by atoms with Gasteiger partial charge in [0.05, 0.1) is 13.2 Å². The molecule has 7 nitrogen and oxygen atoms in total. The number of hydrogen-bond donors (Lipinski definition) is 2. The van der Waals surface area contributed by atoms with Gasteiger partial charge in [0.15, 0.2) is 0 Å². The first kappa shape index (κ1) is 21.2. The number of benzene rings is 2. The fourth-order valence-corrected chi connectivity index (χ4v) is 3.94. The van der Waals surface area contributed by atoms with Gasteiger partial charge in [0.25, 0.3) is 0 Å². The molecule has 0 radical (unpaired) electrons. The van der Waals surface area contributed by atoms with Gasteiger partial charge < -0.3 is 20.3 Å². The molecule has 3 aromatic rings. The maximum Gasteiger partial charge on any atom is 0.233 e. The number of morpholine rings is 1. The number of anilines is 5. The van der Waals surface area contributed by atoms with Gasteiger partial charge in [0.1, 0.15) is 0 Å². The lowest BCUT2D eigenvalue weighted by Gasteiger charge is -2.27. The average Bonchev–Trinajstić information content (AvgIpc) is 2.67. The lowest BCUT2D eigenvalue weighted by Crippen LogP contribution is -2.37. The van der Waals surface area contributed by atoms with E-state index in [9.17, 15) is 0 Å². The Morgan fingerprint density at radius 2 is 1.10 bits per heavy atom. The van der Waals surface area contributed by atoms with Gasteiger partial charge in [0, 0.05) is 44.6 Å². The summed E-state index contributed by atoms with van der Waals surface area (Å²) in [5.74, 6) is 1.18. The van der Waals surface area contributed by atoms with Crippen LogP contribution in [-0.2, 0) is 4.74 Å². The Kier molecular flexibility index (Phi) is 6.65. The minimum atomic E-state index is 0.334. The summed E-state index contributed by atoms with van der Waals surface area (Å²) in [4.78, 5) is 15.6. The van der Waals surface area contributed by atoms with Crippen LogP contribution in [0.1, 0.15) is 0 Å². The third kappa shape index (κ3) is 5.56. The van der Waals surface area contributed by atoms with Crippen LogP contribution in [0.3, 0.4) is 0 Å². The lowest BCUT2D eigenvalue weighted by atomic mass is 10.3. The lowest BCUT2D eigenvalue weighted by molar-refractivity contribution is 0.122. The molecule has 0 amide bonds. The number of nitrogens with one attached hydrogen (secondary N) is 2. The molecule has 1 saturated heterocycles. The second-order valence-corrected chi connectivity index (χ2v) is 8.19.